The maximum absolute atomic E-state index is 16.8. The number of hydrogen-bond acceptors (Lipinski definition) is 14. The Kier molecular flexibility index (Phi) is 14.8. The summed E-state index contributed by atoms with van der Waals surface area (Å²) in [6.07, 6.45) is 2.64. The molecule has 3 fully saturated rings. The fourth-order valence-electron chi connectivity index (χ4n) is 9.23. The number of ketones is 2. The van der Waals surface area contributed by atoms with Gasteiger partial charge in [-0.2, -0.15) is 0 Å². The predicted octanol–water partition coefficient (Wildman–Crippen LogP) is 4.04. The van der Waals surface area contributed by atoms with Gasteiger partial charge in [0.15, 0.2) is 17.7 Å². The maximum Gasteiger partial charge on any atom is 0.425 e. The molecule has 16 nitrogen and oxygen atoms in total. The number of ether oxygens (including phenoxy) is 4. The van der Waals surface area contributed by atoms with E-state index in [1.165, 1.54) is 25.8 Å². The van der Waals surface area contributed by atoms with Crippen molar-refractivity contribution in [2.45, 2.75) is 147 Å². The molecule has 13 atom stereocenters. The van der Waals surface area contributed by atoms with E-state index >= 15 is 4.39 Å². The van der Waals surface area contributed by atoms with Gasteiger partial charge in [0.1, 0.15) is 24.0 Å². The third kappa shape index (κ3) is 9.66. The van der Waals surface area contributed by atoms with Crippen molar-refractivity contribution in [3.8, 4) is 11.3 Å². The molecule has 2 unspecified atom stereocenters. The van der Waals surface area contributed by atoms with Crippen LogP contribution in [0.1, 0.15) is 81.1 Å². The Bertz CT molecular complexity index is 1840. The Morgan fingerprint density at radius 3 is 2.52 bits per heavy atom. The number of aryl methyl sites for hydroxylation is 1. The molecule has 5 rings (SSSR count). The fraction of sp³-hybridized carbons (Fsp3) is 0.674. The van der Waals surface area contributed by atoms with E-state index in [2.05, 4.69) is 22.0 Å². The monoisotopic (exact) mass is 842 g/mol. The first-order valence-corrected chi connectivity index (χ1v) is 20.9. The minimum absolute atomic E-state index is 0.0348. The molecule has 1 amide bonds. The number of pyridine rings is 1. The van der Waals surface area contributed by atoms with Gasteiger partial charge < -0.3 is 33.7 Å². The number of likely N-dealkylation sites (N-methyl/N-ethyl adjacent to an activating group) is 1. The van der Waals surface area contributed by atoms with Crippen LogP contribution < -0.4 is 5.43 Å². The molecule has 0 aliphatic carbocycles. The van der Waals surface area contributed by atoms with Gasteiger partial charge >= 0.3 is 12.1 Å². The summed E-state index contributed by atoms with van der Waals surface area (Å²) in [6, 6.07) is 2.19. The Hall–Kier alpha value is -4.13. The number of nitrogens with one attached hydrogen (secondary N) is 1. The lowest BCUT2D eigenvalue weighted by atomic mass is 9.73. The highest BCUT2D eigenvalue weighted by molar-refractivity contribution is 6.08. The van der Waals surface area contributed by atoms with Crippen molar-refractivity contribution in [1.82, 2.24) is 29.9 Å². The minimum Gasteiger partial charge on any atom is -0.455 e. The highest BCUT2D eigenvalue weighted by Crippen LogP contribution is 2.42. The van der Waals surface area contributed by atoms with Crippen LogP contribution in [0.15, 0.2) is 49.7 Å². The summed E-state index contributed by atoms with van der Waals surface area (Å²) in [5.74, 6) is -6.56. The van der Waals surface area contributed by atoms with Crippen molar-refractivity contribution in [1.29, 1.82) is 0 Å². The van der Waals surface area contributed by atoms with E-state index in [0.717, 1.165) is 18.2 Å². The molecule has 2 aromatic heterocycles. The molecule has 0 spiro atoms. The number of carbonyl (C=O) groups excluding carboxylic acids is 4. The molecule has 0 bridgehead atoms. The number of aromatic nitrogens is 3. The molecule has 2 aromatic rings. The van der Waals surface area contributed by atoms with E-state index < -0.39 is 95.3 Å². The van der Waals surface area contributed by atoms with Gasteiger partial charge in [0.2, 0.25) is 0 Å². The van der Waals surface area contributed by atoms with Crippen LogP contribution in [0.5, 0.6) is 0 Å². The van der Waals surface area contributed by atoms with Crippen LogP contribution >= 0.6 is 0 Å². The molecule has 0 aromatic carbocycles. The van der Waals surface area contributed by atoms with Gasteiger partial charge in [-0.15, -0.1) is 6.58 Å². The van der Waals surface area contributed by atoms with E-state index in [-0.39, 0.29) is 25.2 Å². The number of imidazole rings is 1. The molecular weight excluding hydrogens is 780 g/mol. The Morgan fingerprint density at radius 1 is 1.15 bits per heavy atom. The highest BCUT2D eigenvalue weighted by atomic mass is 19.1. The molecule has 3 saturated heterocycles. The number of aliphatic hydroxyl groups is 2. The van der Waals surface area contributed by atoms with Gasteiger partial charge in [0.25, 0.3) is 5.67 Å². The Labute approximate surface area is 351 Å². The van der Waals surface area contributed by atoms with Crippen LogP contribution in [0.25, 0.3) is 11.3 Å². The van der Waals surface area contributed by atoms with E-state index in [1.54, 1.807) is 59.5 Å². The molecular formula is C43H63FN6O10. The average Bonchev–Trinajstić information content (AvgIpc) is 3.78. The number of nitrogens with zero attached hydrogens (tertiary/aromatic N) is 5. The smallest absolute Gasteiger partial charge is 0.425 e. The van der Waals surface area contributed by atoms with Gasteiger partial charge in [-0.3, -0.25) is 19.5 Å². The van der Waals surface area contributed by atoms with Crippen molar-refractivity contribution >= 4 is 23.6 Å². The van der Waals surface area contributed by atoms with Gasteiger partial charge in [-0.25, -0.2) is 29.4 Å². The molecule has 3 aliphatic rings. The number of Topliss-reactive ketones (excluding diaryl/α,β-unsaturated/α-hetero) is 2. The van der Waals surface area contributed by atoms with Crippen molar-refractivity contribution in [3.63, 3.8) is 0 Å². The average molecular weight is 843 g/mol. The fourth-order valence-corrected chi connectivity index (χ4v) is 9.23. The van der Waals surface area contributed by atoms with E-state index in [4.69, 9.17) is 18.9 Å². The molecule has 5 heterocycles. The van der Waals surface area contributed by atoms with E-state index in [0.29, 0.717) is 25.9 Å². The summed E-state index contributed by atoms with van der Waals surface area (Å²) in [5, 5.41) is 25.0. The molecule has 0 saturated carbocycles. The van der Waals surface area contributed by atoms with E-state index in [1.807, 2.05) is 27.8 Å². The number of alkyl halides is 1. The first-order chi connectivity index (χ1) is 28.2. The topological polar surface area (TPSA) is 195 Å². The lowest BCUT2D eigenvalue weighted by Gasteiger charge is -2.46. The summed E-state index contributed by atoms with van der Waals surface area (Å²) in [4.78, 5) is 66.8. The summed E-state index contributed by atoms with van der Waals surface area (Å²) in [6.45, 7) is 16.7. The van der Waals surface area contributed by atoms with Crippen LogP contribution in [-0.4, -0.2) is 138 Å². The van der Waals surface area contributed by atoms with Crippen molar-refractivity contribution in [2.24, 2.45) is 17.8 Å². The summed E-state index contributed by atoms with van der Waals surface area (Å²) in [7, 11) is 1.80. The number of aliphatic hydroxyl groups excluding tert-OH is 1. The summed E-state index contributed by atoms with van der Waals surface area (Å²) in [5.41, 5.74) is -2.23. The Morgan fingerprint density at radius 2 is 1.87 bits per heavy atom. The number of cyclic esters (lactones) is 1. The van der Waals surface area contributed by atoms with Crippen molar-refractivity contribution in [3.05, 3.63) is 49.7 Å². The molecule has 332 valence electrons. The van der Waals surface area contributed by atoms with Gasteiger partial charge in [-0.05, 0) is 72.6 Å². The standard InChI is InChI=1S/C43H63FN6O10/c1-11-18-48(10)31-20-26(4)57-38(34(31)52)59-37-28(6)36(53)42(8,44)39(54)58-32(12-2)43(9)35(27(5)33(51)25(3)21-41(37,7)56)50(40(55)60-43)47-17-14-19-49-23-30(46-24-49)29-15-13-16-45-22-29/h11,13,15-16,22-28,31-32,34-35,37-38,47,52,56H,1,12,14,17-21H2,2-10H3/t25-,26-,27+,28+,31+,32-,34-,35?,37-,38?,41-,42+,43-/m1/s1. The minimum atomic E-state index is -3.26. The second-order valence-corrected chi connectivity index (χ2v) is 17.4. The quantitative estimate of drug-likeness (QED) is 0.120. The van der Waals surface area contributed by atoms with Gasteiger partial charge in [0, 0.05) is 67.6 Å². The number of rotatable bonds is 12. The second-order valence-electron chi connectivity index (χ2n) is 17.4. The van der Waals surface area contributed by atoms with Gasteiger partial charge in [-0.1, -0.05) is 33.8 Å². The molecule has 17 heteroatoms. The van der Waals surface area contributed by atoms with Gasteiger partial charge in [0.05, 0.1) is 29.8 Å². The number of halogens is 1. The second kappa shape index (κ2) is 18.9. The highest BCUT2D eigenvalue weighted by Gasteiger charge is 2.62. The lowest BCUT2D eigenvalue weighted by molar-refractivity contribution is -0.293. The molecule has 0 radical (unpaired) electrons. The molecule has 60 heavy (non-hydrogen) atoms. The van der Waals surface area contributed by atoms with Crippen LogP contribution in [-0.2, 0) is 39.9 Å². The van der Waals surface area contributed by atoms with Crippen LogP contribution in [0, 0.1) is 17.8 Å². The number of fused-ring (bicyclic) bond motifs is 1. The zero-order valence-electron chi connectivity index (χ0n) is 36.2. The molecule has 3 aliphatic heterocycles. The molecule has 3 N–H and O–H groups in total. The third-order valence-corrected chi connectivity index (χ3v) is 12.4. The zero-order valence-corrected chi connectivity index (χ0v) is 36.2. The van der Waals surface area contributed by atoms with Crippen molar-refractivity contribution < 1.29 is 52.7 Å². The van der Waals surface area contributed by atoms with Crippen LogP contribution in [0.3, 0.4) is 0 Å². The number of carbonyl (C=O) groups is 4. The first-order valence-electron chi connectivity index (χ1n) is 20.9. The van der Waals surface area contributed by atoms with Crippen molar-refractivity contribution in [2.75, 3.05) is 20.1 Å². The largest absolute Gasteiger partial charge is 0.455 e. The first kappa shape index (κ1) is 46.9. The van der Waals surface area contributed by atoms with Crippen LogP contribution in [0.2, 0.25) is 0 Å². The lowest BCUT2D eigenvalue weighted by Crippen LogP contribution is -2.62. The SMILES string of the molecule is C=CCN(C)[C@H]1C[C@@H](C)OC(O[C@@H]2[C@@H](C)C(=O)[C@](C)(F)C(=O)O[C@H](CC)[C@@]3(C)OC(=O)N(NCCCn4cnc(-c5cccnc5)c4)C3[C@@H](C)C(=O)[C@H](C)C[C@@]2(C)O)[C@@H]1O. The number of hydrogen-bond donors (Lipinski definition) is 3. The van der Waals surface area contributed by atoms with E-state index in [9.17, 15) is 29.4 Å². The summed E-state index contributed by atoms with van der Waals surface area (Å²) >= 11 is 0. The number of hydrazine groups is 1. The Balaban J connectivity index is 1.44. The van der Waals surface area contributed by atoms with Crippen LogP contribution in [0.4, 0.5) is 9.18 Å². The predicted molar refractivity (Wildman–Crippen MR) is 217 cm³/mol. The number of amides is 1. The third-order valence-electron chi connectivity index (χ3n) is 12.4. The number of esters is 1. The summed E-state index contributed by atoms with van der Waals surface area (Å²) < 4.78 is 42.8. The normalized spacial score (nSPS) is 37.0. The maximum atomic E-state index is 16.8. The zero-order chi connectivity index (χ0) is 44.3.